The second kappa shape index (κ2) is 6.03. The number of aliphatic hydroxyl groups excluding tert-OH is 2. The Morgan fingerprint density at radius 1 is 1.59 bits per heavy atom. The smallest absolute Gasteiger partial charge is 0.375 e. The lowest BCUT2D eigenvalue weighted by molar-refractivity contribution is -0.275. The third-order valence-corrected chi connectivity index (χ3v) is 3.78. The number of rotatable bonds is 2. The first-order valence-corrected chi connectivity index (χ1v) is 6.81. The number of halogens is 2. The summed E-state index contributed by atoms with van der Waals surface area (Å²) in [4.78, 5) is 23.2. The van der Waals surface area contributed by atoms with Gasteiger partial charge >= 0.3 is 11.8 Å². The number of aliphatic hydroxyl groups is 2. The fourth-order valence-corrected chi connectivity index (χ4v) is 2.61. The van der Waals surface area contributed by atoms with Crippen molar-refractivity contribution >= 4 is 11.9 Å². The summed E-state index contributed by atoms with van der Waals surface area (Å²) in [5.74, 6) is -5.84. The lowest BCUT2D eigenvalue weighted by atomic mass is 9.87. The molecule has 0 spiro atoms. The number of nitrogens with one attached hydrogen (secondary N) is 1. The Balaban J connectivity index is 2.35. The molecule has 4 unspecified atom stereocenters. The van der Waals surface area contributed by atoms with E-state index in [1.165, 1.54) is 6.92 Å². The largest absolute Gasteiger partial charge is 0.462 e. The van der Waals surface area contributed by atoms with Gasteiger partial charge in [0.1, 0.15) is 12.2 Å². The van der Waals surface area contributed by atoms with E-state index in [0.717, 1.165) is 0 Å². The molecule has 0 saturated carbocycles. The monoisotopic (exact) mass is 324 g/mol. The highest BCUT2D eigenvalue weighted by atomic mass is 19.2. The topological polar surface area (TPSA) is 131 Å². The third-order valence-electron chi connectivity index (χ3n) is 3.78. The number of alkyl halides is 2. The molecule has 0 aliphatic carbocycles. The Bertz CT molecular complexity index is 467. The highest BCUT2D eigenvalue weighted by molar-refractivity contribution is 5.80. The van der Waals surface area contributed by atoms with E-state index in [1.807, 2.05) is 0 Å². The van der Waals surface area contributed by atoms with Crippen molar-refractivity contribution < 1.29 is 38.1 Å². The molecule has 126 valence electrons. The van der Waals surface area contributed by atoms with E-state index in [1.54, 1.807) is 0 Å². The molecule has 5 N–H and O–H groups in total. The van der Waals surface area contributed by atoms with Crippen LogP contribution in [0.15, 0.2) is 0 Å². The Morgan fingerprint density at radius 3 is 2.82 bits per heavy atom. The van der Waals surface area contributed by atoms with Gasteiger partial charge in [0.2, 0.25) is 5.91 Å². The SMILES string of the molecule is CCOC(=O)[C@]1(F)OC2C(NC(=O)C[C@@H](O)[C@H]2O)C(N)C1F. The minimum Gasteiger partial charge on any atom is -0.462 e. The van der Waals surface area contributed by atoms with Crippen molar-refractivity contribution in [1.29, 1.82) is 0 Å². The van der Waals surface area contributed by atoms with Crippen LogP contribution in [0.5, 0.6) is 0 Å². The van der Waals surface area contributed by atoms with Gasteiger partial charge in [0.15, 0.2) is 6.17 Å². The van der Waals surface area contributed by atoms with Crippen LogP contribution in [0.1, 0.15) is 13.3 Å². The average Bonchev–Trinajstić information content (AvgIpc) is 2.56. The lowest BCUT2D eigenvalue weighted by Gasteiger charge is -2.45. The van der Waals surface area contributed by atoms with E-state index in [4.69, 9.17) is 10.5 Å². The predicted molar refractivity (Wildman–Crippen MR) is 66.8 cm³/mol. The summed E-state index contributed by atoms with van der Waals surface area (Å²) >= 11 is 0. The van der Waals surface area contributed by atoms with Crippen LogP contribution in [0, 0.1) is 0 Å². The van der Waals surface area contributed by atoms with Crippen LogP contribution in [-0.2, 0) is 19.1 Å². The maximum absolute atomic E-state index is 14.6. The van der Waals surface area contributed by atoms with E-state index in [2.05, 4.69) is 10.1 Å². The second-order valence-corrected chi connectivity index (χ2v) is 5.28. The van der Waals surface area contributed by atoms with Gasteiger partial charge in [0.25, 0.3) is 0 Å². The Morgan fingerprint density at radius 2 is 2.23 bits per heavy atom. The van der Waals surface area contributed by atoms with Crippen molar-refractivity contribution in [2.45, 2.75) is 55.8 Å². The van der Waals surface area contributed by atoms with Gasteiger partial charge in [-0.25, -0.2) is 9.18 Å². The summed E-state index contributed by atoms with van der Waals surface area (Å²) in [6.45, 7) is 1.18. The molecule has 10 heteroatoms. The molecule has 0 aromatic carbocycles. The van der Waals surface area contributed by atoms with E-state index >= 15 is 0 Å². The predicted octanol–water partition coefficient (Wildman–Crippen LogP) is -2.11. The van der Waals surface area contributed by atoms with Crippen LogP contribution in [-0.4, -0.2) is 71.1 Å². The van der Waals surface area contributed by atoms with Crippen LogP contribution in [0.25, 0.3) is 0 Å². The van der Waals surface area contributed by atoms with E-state index in [9.17, 15) is 28.6 Å². The van der Waals surface area contributed by atoms with Crippen molar-refractivity contribution in [3.05, 3.63) is 0 Å². The molecule has 1 amide bonds. The molecule has 7 atom stereocenters. The normalized spacial score (nSPS) is 45.5. The first kappa shape index (κ1) is 17.0. The van der Waals surface area contributed by atoms with Gasteiger partial charge in [-0.05, 0) is 6.92 Å². The second-order valence-electron chi connectivity index (χ2n) is 5.28. The molecule has 0 aromatic rings. The summed E-state index contributed by atoms with van der Waals surface area (Å²) in [7, 11) is 0. The number of ether oxygens (including phenoxy) is 2. The van der Waals surface area contributed by atoms with Crippen molar-refractivity contribution in [3.8, 4) is 0 Å². The zero-order valence-electron chi connectivity index (χ0n) is 11.7. The van der Waals surface area contributed by atoms with Gasteiger partial charge in [-0.3, -0.25) is 4.79 Å². The molecule has 2 fully saturated rings. The quantitative estimate of drug-likeness (QED) is 0.428. The van der Waals surface area contributed by atoms with Gasteiger partial charge in [0.05, 0.1) is 31.2 Å². The van der Waals surface area contributed by atoms with Crippen molar-refractivity contribution in [2.75, 3.05) is 6.61 Å². The Kier molecular flexibility index (Phi) is 4.66. The highest BCUT2D eigenvalue weighted by Crippen LogP contribution is 2.36. The summed E-state index contributed by atoms with van der Waals surface area (Å²) < 4.78 is 38.1. The standard InChI is InChI=1S/C12H18F2N2O6/c1-2-21-11(20)12(14)10(13)6(15)7-9(22-12)8(19)4(17)3-5(18)16-7/h4,6-10,17,19H,2-3,15H2,1H3,(H,16,18)/t4-,6?,7?,8-,9?,10?,12-/m1/s1. The molecule has 2 saturated heterocycles. The van der Waals surface area contributed by atoms with Crippen LogP contribution >= 0.6 is 0 Å². The van der Waals surface area contributed by atoms with Crippen LogP contribution in [0.2, 0.25) is 0 Å². The third kappa shape index (κ3) is 2.67. The van der Waals surface area contributed by atoms with E-state index < -0.39 is 60.7 Å². The summed E-state index contributed by atoms with van der Waals surface area (Å²) in [6.07, 6.45) is -8.00. The number of hydrogen-bond donors (Lipinski definition) is 4. The molecule has 2 aliphatic rings. The maximum Gasteiger partial charge on any atom is 0.375 e. The molecule has 0 radical (unpaired) electrons. The van der Waals surface area contributed by atoms with Crippen LogP contribution < -0.4 is 11.1 Å². The van der Waals surface area contributed by atoms with E-state index in [-0.39, 0.29) is 6.61 Å². The van der Waals surface area contributed by atoms with Crippen molar-refractivity contribution in [1.82, 2.24) is 5.32 Å². The highest BCUT2D eigenvalue weighted by Gasteiger charge is 2.63. The van der Waals surface area contributed by atoms with Gasteiger partial charge in [0, 0.05) is 0 Å². The molecule has 0 bridgehead atoms. The summed E-state index contributed by atoms with van der Waals surface area (Å²) in [5.41, 5.74) is 5.57. The molecule has 2 aliphatic heterocycles. The zero-order chi connectivity index (χ0) is 16.7. The fraction of sp³-hybridized carbons (Fsp3) is 0.833. The molecular formula is C12H18F2N2O6. The number of carbonyl (C=O) groups excluding carboxylic acids is 2. The molecule has 0 aromatic heterocycles. The number of hydrogen-bond acceptors (Lipinski definition) is 7. The first-order valence-electron chi connectivity index (χ1n) is 6.81. The van der Waals surface area contributed by atoms with E-state index in [0.29, 0.717) is 0 Å². The van der Waals surface area contributed by atoms with Gasteiger partial charge in [-0.15, -0.1) is 0 Å². The van der Waals surface area contributed by atoms with Crippen molar-refractivity contribution in [3.63, 3.8) is 0 Å². The molecule has 8 nitrogen and oxygen atoms in total. The molecule has 22 heavy (non-hydrogen) atoms. The van der Waals surface area contributed by atoms with Gasteiger partial charge in [-0.1, -0.05) is 0 Å². The number of esters is 1. The Hall–Kier alpha value is -1.36. The number of nitrogens with two attached hydrogens (primary N) is 1. The average molecular weight is 324 g/mol. The molecule has 2 rings (SSSR count). The number of amides is 1. The number of carbonyl (C=O) groups is 2. The van der Waals surface area contributed by atoms with Gasteiger partial charge < -0.3 is 30.7 Å². The summed E-state index contributed by atoms with van der Waals surface area (Å²) in [5, 5.41) is 21.9. The molecular weight excluding hydrogens is 306 g/mol. The first-order chi connectivity index (χ1) is 10.2. The van der Waals surface area contributed by atoms with Gasteiger partial charge in [-0.2, -0.15) is 4.39 Å². The number of fused-ring (bicyclic) bond motifs is 1. The Labute approximate surface area is 124 Å². The molecule has 2 heterocycles. The zero-order valence-corrected chi connectivity index (χ0v) is 11.7. The minimum atomic E-state index is -3.52. The minimum absolute atomic E-state index is 0.216. The lowest BCUT2D eigenvalue weighted by Crippen LogP contribution is -2.72. The van der Waals surface area contributed by atoms with Crippen LogP contribution in [0.3, 0.4) is 0 Å². The van der Waals surface area contributed by atoms with Crippen LogP contribution in [0.4, 0.5) is 8.78 Å². The fourth-order valence-electron chi connectivity index (χ4n) is 2.61. The maximum atomic E-state index is 14.6. The summed E-state index contributed by atoms with van der Waals surface area (Å²) in [6, 6.07) is -2.97. The van der Waals surface area contributed by atoms with Crippen molar-refractivity contribution in [2.24, 2.45) is 5.73 Å².